The van der Waals surface area contributed by atoms with Crippen molar-refractivity contribution in [1.82, 2.24) is 20.0 Å². The normalized spacial score (nSPS) is 18.4. The van der Waals surface area contributed by atoms with Crippen LogP contribution in [0.3, 0.4) is 0 Å². The Balaban J connectivity index is 0.000000146. The van der Waals surface area contributed by atoms with Crippen LogP contribution in [-0.4, -0.2) is 143 Å². The molecule has 4 aromatic carbocycles. The van der Waals surface area contributed by atoms with Gasteiger partial charge in [-0.1, -0.05) is 24.3 Å². The van der Waals surface area contributed by atoms with E-state index in [0.717, 1.165) is 26.1 Å². The highest BCUT2D eigenvalue weighted by Gasteiger charge is 2.31. The molecule has 2 unspecified atom stereocenters. The van der Waals surface area contributed by atoms with E-state index in [2.05, 4.69) is 34.5 Å². The fraction of sp³-hybridized carbons (Fsp3) is 0.400. The molecule has 1 saturated heterocycles. The van der Waals surface area contributed by atoms with Crippen molar-refractivity contribution in [3.05, 3.63) is 107 Å². The maximum atomic E-state index is 12.9. The van der Waals surface area contributed by atoms with E-state index in [1.165, 1.54) is 11.1 Å². The van der Waals surface area contributed by atoms with Crippen molar-refractivity contribution in [1.29, 1.82) is 0 Å². The summed E-state index contributed by atoms with van der Waals surface area (Å²) in [6.45, 7) is 6.98. The van der Waals surface area contributed by atoms with Gasteiger partial charge in [-0.2, -0.15) is 0 Å². The van der Waals surface area contributed by atoms with Crippen molar-refractivity contribution in [3.63, 3.8) is 0 Å². The van der Waals surface area contributed by atoms with Gasteiger partial charge in [-0.3, -0.25) is 19.3 Å². The highest BCUT2D eigenvalue weighted by molar-refractivity contribution is 5.98. The molecular formula is C45H52N4O11. The minimum atomic E-state index is -0.603. The molecule has 2 N–H and O–H groups in total. The number of benzene rings is 4. The van der Waals surface area contributed by atoms with E-state index in [4.69, 9.17) is 33.2 Å². The number of carbonyl (C=O) groups is 3. The summed E-state index contributed by atoms with van der Waals surface area (Å²) >= 11 is 0. The van der Waals surface area contributed by atoms with Gasteiger partial charge in [0.05, 0.1) is 76.5 Å². The zero-order chi connectivity index (χ0) is 42.0. The second-order valence-corrected chi connectivity index (χ2v) is 14.8. The predicted molar refractivity (Wildman–Crippen MR) is 221 cm³/mol. The third kappa shape index (κ3) is 10.6. The smallest absolute Gasteiger partial charge is 0.257 e. The van der Waals surface area contributed by atoms with E-state index in [1.807, 2.05) is 0 Å². The number of hydrogen-bond acceptors (Lipinski definition) is 12. The number of aliphatic hydroxyl groups is 1. The van der Waals surface area contributed by atoms with Crippen molar-refractivity contribution in [2.75, 3.05) is 93.6 Å². The Morgan fingerprint density at radius 2 is 1.22 bits per heavy atom. The highest BCUT2D eigenvalue weighted by atomic mass is 16.6. The number of β-amino-alcohol motifs (C(OH)–C–C–N with tert-alkyl or cyclic N) is 1. The van der Waals surface area contributed by atoms with Crippen molar-refractivity contribution in [2.45, 2.75) is 25.2 Å². The first-order valence-electron chi connectivity index (χ1n) is 20.1. The molecule has 15 nitrogen and oxygen atoms in total. The average molecular weight is 825 g/mol. The number of methoxy groups -OCH3 is 3. The number of hydrogen-bond donors (Lipinski definition) is 2. The molecule has 9 rings (SSSR count). The summed E-state index contributed by atoms with van der Waals surface area (Å²) in [5.74, 6) is 3.55. The van der Waals surface area contributed by atoms with Crippen LogP contribution in [0.15, 0.2) is 78.9 Å². The number of aliphatic hydroxyl groups excluding tert-OH is 1. The Labute approximate surface area is 349 Å². The van der Waals surface area contributed by atoms with Gasteiger partial charge in [-0.05, 0) is 53.9 Å². The maximum Gasteiger partial charge on any atom is 0.257 e. The molecule has 5 aliphatic rings. The van der Waals surface area contributed by atoms with E-state index in [9.17, 15) is 19.5 Å². The molecule has 5 heterocycles. The van der Waals surface area contributed by atoms with Crippen LogP contribution in [0.5, 0.6) is 34.5 Å². The quantitative estimate of drug-likeness (QED) is 0.236. The van der Waals surface area contributed by atoms with E-state index < -0.39 is 6.10 Å². The minimum Gasteiger partial charge on any atom is -0.497 e. The number of fused-ring (bicyclic) bond motifs is 4. The summed E-state index contributed by atoms with van der Waals surface area (Å²) in [7, 11) is 4.76. The lowest BCUT2D eigenvalue weighted by Crippen LogP contribution is -2.44. The van der Waals surface area contributed by atoms with Gasteiger partial charge in [0.1, 0.15) is 54.3 Å². The van der Waals surface area contributed by atoms with E-state index >= 15 is 0 Å². The van der Waals surface area contributed by atoms with Crippen molar-refractivity contribution in [2.24, 2.45) is 0 Å². The van der Waals surface area contributed by atoms with Gasteiger partial charge in [0.2, 0.25) is 0 Å². The largest absolute Gasteiger partial charge is 0.497 e. The Morgan fingerprint density at radius 3 is 1.82 bits per heavy atom. The topological polar surface area (TPSA) is 161 Å². The molecule has 0 aliphatic carbocycles. The summed E-state index contributed by atoms with van der Waals surface area (Å²) in [5, 5.41) is 13.4. The zero-order valence-electron chi connectivity index (χ0n) is 34.2. The van der Waals surface area contributed by atoms with Gasteiger partial charge in [0.25, 0.3) is 17.7 Å². The average Bonchev–Trinajstić information content (AvgIpc) is 4.15. The monoisotopic (exact) mass is 824 g/mol. The lowest BCUT2D eigenvalue weighted by molar-refractivity contribution is 0.0501. The van der Waals surface area contributed by atoms with Crippen LogP contribution in [0, 0.1) is 0 Å². The van der Waals surface area contributed by atoms with Crippen LogP contribution in [0.4, 0.5) is 0 Å². The van der Waals surface area contributed by atoms with Crippen LogP contribution < -0.4 is 33.7 Å². The summed E-state index contributed by atoms with van der Waals surface area (Å²) in [6, 6.07) is 24.1. The molecule has 2 atom stereocenters. The summed E-state index contributed by atoms with van der Waals surface area (Å²) in [5.41, 5.74) is 4.37. The SMILES string of the molecule is COc1ccc2c(c1)OCCN(CC(O)CN1CCc3ccccc3C1)C2=O.COc1ccc2c(c1)OCCN(CC1CO1)C2=O.COc1ccc2c(c1)OCCNC2=O. The molecule has 318 valence electrons. The number of amides is 3. The molecule has 0 aromatic heterocycles. The van der Waals surface area contributed by atoms with E-state index in [1.54, 1.807) is 85.7 Å². The molecule has 1 fully saturated rings. The predicted octanol–water partition coefficient (Wildman–Crippen LogP) is 3.70. The first-order valence-corrected chi connectivity index (χ1v) is 20.1. The number of carbonyl (C=O) groups excluding carboxylic acids is 3. The Bertz CT molecular complexity index is 2140. The van der Waals surface area contributed by atoms with Gasteiger partial charge in [0, 0.05) is 50.9 Å². The first-order chi connectivity index (χ1) is 29.2. The zero-order valence-corrected chi connectivity index (χ0v) is 34.2. The first kappa shape index (κ1) is 42.1. The number of ether oxygens (including phenoxy) is 7. The van der Waals surface area contributed by atoms with Crippen LogP contribution in [0.25, 0.3) is 0 Å². The van der Waals surface area contributed by atoms with Gasteiger partial charge in [-0.15, -0.1) is 0 Å². The molecule has 0 saturated carbocycles. The molecular weight excluding hydrogens is 773 g/mol. The van der Waals surface area contributed by atoms with Crippen LogP contribution >= 0.6 is 0 Å². The van der Waals surface area contributed by atoms with Crippen molar-refractivity contribution in [3.8, 4) is 34.5 Å². The number of rotatable bonds is 9. The van der Waals surface area contributed by atoms with Gasteiger partial charge in [0.15, 0.2) is 0 Å². The molecule has 5 aliphatic heterocycles. The third-order valence-corrected chi connectivity index (χ3v) is 10.7. The highest BCUT2D eigenvalue weighted by Crippen LogP contribution is 2.30. The Morgan fingerprint density at radius 1 is 0.683 bits per heavy atom. The lowest BCUT2D eigenvalue weighted by Gasteiger charge is -2.32. The lowest BCUT2D eigenvalue weighted by atomic mass is 10.00. The molecule has 0 spiro atoms. The third-order valence-electron chi connectivity index (χ3n) is 10.7. The number of nitrogens with zero attached hydrogens (tertiary/aromatic N) is 3. The standard InChI is InChI=1S/C22H26N2O4.C13H15NO4.C10H11NO3/c1-27-19-6-7-20-21(12-19)28-11-10-24(22(20)26)15-18(25)14-23-9-8-16-4-2-3-5-17(16)13-23;1-16-9-2-3-11-12(6-9)17-5-4-14(13(11)15)7-10-8-18-10;1-13-7-2-3-8-9(6-7)14-5-4-11-10(8)12/h2-7,12,18,25H,8-11,13-15H2,1H3;2-3,6,10H,4-5,7-8H2,1H3;2-3,6H,4-5H2,1H3,(H,11,12). The fourth-order valence-electron chi connectivity index (χ4n) is 7.37. The summed E-state index contributed by atoms with van der Waals surface area (Å²) < 4.78 is 37.3. The Hall–Kier alpha value is -6.03. The van der Waals surface area contributed by atoms with Gasteiger partial charge in [-0.25, -0.2) is 0 Å². The van der Waals surface area contributed by atoms with Gasteiger partial charge < -0.3 is 53.4 Å². The van der Waals surface area contributed by atoms with Crippen molar-refractivity contribution >= 4 is 17.7 Å². The summed E-state index contributed by atoms with van der Waals surface area (Å²) in [4.78, 5) is 42.5. The van der Waals surface area contributed by atoms with Crippen LogP contribution in [0.2, 0.25) is 0 Å². The van der Waals surface area contributed by atoms with E-state index in [-0.39, 0.29) is 23.8 Å². The molecule has 60 heavy (non-hydrogen) atoms. The van der Waals surface area contributed by atoms with Crippen LogP contribution in [-0.2, 0) is 17.7 Å². The van der Waals surface area contributed by atoms with Crippen LogP contribution in [0.1, 0.15) is 42.2 Å². The number of epoxide rings is 1. The summed E-state index contributed by atoms with van der Waals surface area (Å²) in [6.07, 6.45) is 0.594. The molecule has 0 bridgehead atoms. The van der Waals surface area contributed by atoms with E-state index in [0.29, 0.717) is 110 Å². The molecule has 4 aromatic rings. The molecule has 3 amide bonds. The molecule has 15 heteroatoms. The Kier molecular flexibility index (Phi) is 13.9. The molecule has 0 radical (unpaired) electrons. The van der Waals surface area contributed by atoms with Crippen molar-refractivity contribution < 1.29 is 52.6 Å². The second-order valence-electron chi connectivity index (χ2n) is 14.8. The minimum absolute atomic E-state index is 0.000605. The fourth-order valence-corrected chi connectivity index (χ4v) is 7.37. The second kappa shape index (κ2) is 19.8. The maximum absolute atomic E-state index is 12.9. The van der Waals surface area contributed by atoms with Gasteiger partial charge >= 0.3 is 0 Å². The number of nitrogens with one attached hydrogen (secondary N) is 1.